The molecule has 0 saturated carbocycles. The van der Waals surface area contributed by atoms with Gasteiger partial charge in [0, 0.05) is 31.7 Å². The predicted molar refractivity (Wildman–Crippen MR) is 113 cm³/mol. The molecule has 0 spiro atoms. The van der Waals surface area contributed by atoms with Gasteiger partial charge in [0.2, 0.25) is 0 Å². The fraction of sp³-hybridized carbons (Fsp3) is 0.458. The topological polar surface area (TPSA) is 64.0 Å². The van der Waals surface area contributed by atoms with Gasteiger partial charge in [-0.15, -0.1) is 0 Å². The van der Waals surface area contributed by atoms with Crippen LogP contribution in [0.25, 0.3) is 0 Å². The van der Waals surface area contributed by atoms with Crippen molar-refractivity contribution >= 4 is 5.97 Å². The third-order valence-electron chi connectivity index (χ3n) is 7.09. The van der Waals surface area contributed by atoms with Crippen LogP contribution in [0.4, 0.5) is 0 Å². The number of hydrogen-bond donors (Lipinski definition) is 2. The highest BCUT2D eigenvalue weighted by Crippen LogP contribution is 2.45. The highest BCUT2D eigenvalue weighted by atomic mass is 16.4. The van der Waals surface area contributed by atoms with E-state index < -0.39 is 5.97 Å². The van der Waals surface area contributed by atoms with Gasteiger partial charge in [-0.1, -0.05) is 56.3 Å². The molecule has 4 rings (SSSR count). The van der Waals surface area contributed by atoms with Gasteiger partial charge >= 0.3 is 5.97 Å². The standard InChI is InChI=1S/C24H30N2O3/c1-17-13-25-15-22(18-7-4-3-5-8-18)26(16-23(28)29)14-20(25)12-24(17,2)19-9-6-10-21(27)11-19/h3-11,17,20,22,27H,12-16H2,1-2H3,(H,28,29). The van der Waals surface area contributed by atoms with E-state index in [9.17, 15) is 15.0 Å². The number of carbonyl (C=O) groups is 1. The van der Waals surface area contributed by atoms with Crippen LogP contribution in [-0.4, -0.2) is 58.2 Å². The lowest BCUT2D eigenvalue weighted by Gasteiger charge is -2.55. The lowest BCUT2D eigenvalue weighted by atomic mass is 9.65. The molecule has 2 aliphatic rings. The van der Waals surface area contributed by atoms with Crippen molar-refractivity contribution in [1.82, 2.24) is 9.80 Å². The van der Waals surface area contributed by atoms with Crippen LogP contribution in [-0.2, 0) is 10.2 Å². The first kappa shape index (κ1) is 19.9. The second-order valence-electron chi connectivity index (χ2n) is 8.93. The highest BCUT2D eigenvalue weighted by molar-refractivity contribution is 5.69. The minimum Gasteiger partial charge on any atom is -0.508 e. The fourth-order valence-electron chi connectivity index (χ4n) is 5.26. The van der Waals surface area contributed by atoms with Gasteiger partial charge < -0.3 is 10.2 Å². The van der Waals surface area contributed by atoms with E-state index in [-0.39, 0.29) is 18.0 Å². The first-order valence-electron chi connectivity index (χ1n) is 10.4. The van der Waals surface area contributed by atoms with Gasteiger partial charge in [0.05, 0.1) is 6.54 Å². The van der Waals surface area contributed by atoms with Crippen molar-refractivity contribution < 1.29 is 15.0 Å². The van der Waals surface area contributed by atoms with Crippen LogP contribution < -0.4 is 0 Å². The second kappa shape index (κ2) is 7.81. The SMILES string of the molecule is CC1CN2CC(c3ccccc3)N(CC(=O)O)CC2CC1(C)c1cccc(O)c1. The Morgan fingerprint density at radius 3 is 2.55 bits per heavy atom. The van der Waals surface area contributed by atoms with Crippen molar-refractivity contribution in [3.8, 4) is 5.75 Å². The molecule has 0 amide bonds. The summed E-state index contributed by atoms with van der Waals surface area (Å²) in [5, 5.41) is 19.5. The number of aromatic hydroxyl groups is 1. The number of aliphatic carboxylic acids is 1. The zero-order valence-corrected chi connectivity index (χ0v) is 17.2. The number of carboxylic acids is 1. The van der Waals surface area contributed by atoms with E-state index in [2.05, 4.69) is 41.8 Å². The molecule has 0 bridgehead atoms. The molecule has 2 fully saturated rings. The number of hydrogen-bond acceptors (Lipinski definition) is 4. The van der Waals surface area contributed by atoms with Gasteiger partial charge in [0.25, 0.3) is 0 Å². The molecule has 2 heterocycles. The highest BCUT2D eigenvalue weighted by Gasteiger charge is 2.46. The number of nitrogens with zero attached hydrogens (tertiary/aromatic N) is 2. The van der Waals surface area contributed by atoms with Crippen molar-refractivity contribution in [2.45, 2.75) is 37.8 Å². The molecule has 2 N–H and O–H groups in total. The van der Waals surface area contributed by atoms with E-state index in [4.69, 9.17) is 0 Å². The molecule has 2 aliphatic heterocycles. The zero-order chi connectivity index (χ0) is 20.6. The van der Waals surface area contributed by atoms with Crippen LogP contribution >= 0.6 is 0 Å². The van der Waals surface area contributed by atoms with Crippen LogP contribution in [0, 0.1) is 5.92 Å². The number of benzene rings is 2. The number of piperidine rings is 1. The lowest BCUT2D eigenvalue weighted by molar-refractivity contribution is -0.141. The van der Waals surface area contributed by atoms with Crippen LogP contribution in [0.1, 0.15) is 37.4 Å². The van der Waals surface area contributed by atoms with E-state index >= 15 is 0 Å². The lowest BCUT2D eigenvalue weighted by Crippen LogP contribution is -2.62. The largest absolute Gasteiger partial charge is 0.508 e. The number of fused-ring (bicyclic) bond motifs is 1. The van der Waals surface area contributed by atoms with Crippen molar-refractivity contribution in [1.29, 1.82) is 0 Å². The molecule has 2 aromatic rings. The van der Waals surface area contributed by atoms with Gasteiger partial charge in [-0.25, -0.2) is 0 Å². The van der Waals surface area contributed by atoms with E-state index in [0.717, 1.165) is 26.1 Å². The van der Waals surface area contributed by atoms with E-state index in [1.165, 1.54) is 11.1 Å². The number of rotatable bonds is 4. The van der Waals surface area contributed by atoms with Crippen LogP contribution in [0.5, 0.6) is 5.75 Å². The molecule has 2 saturated heterocycles. The Balaban J connectivity index is 1.61. The van der Waals surface area contributed by atoms with Crippen LogP contribution in [0.3, 0.4) is 0 Å². The average Bonchev–Trinajstić information content (AvgIpc) is 2.69. The Morgan fingerprint density at radius 2 is 1.86 bits per heavy atom. The fourth-order valence-corrected chi connectivity index (χ4v) is 5.26. The summed E-state index contributed by atoms with van der Waals surface area (Å²) in [6.07, 6.45) is 0.954. The Kier molecular flexibility index (Phi) is 5.36. The van der Waals surface area contributed by atoms with E-state index in [0.29, 0.717) is 17.7 Å². The maximum atomic E-state index is 11.6. The quantitative estimate of drug-likeness (QED) is 0.831. The van der Waals surface area contributed by atoms with Gasteiger partial charge in [0.1, 0.15) is 5.75 Å². The van der Waals surface area contributed by atoms with E-state index in [1.807, 2.05) is 30.3 Å². The summed E-state index contributed by atoms with van der Waals surface area (Å²) in [5.41, 5.74) is 2.30. The van der Waals surface area contributed by atoms with Crippen molar-refractivity contribution in [2.24, 2.45) is 5.92 Å². The van der Waals surface area contributed by atoms with Crippen molar-refractivity contribution in [3.63, 3.8) is 0 Å². The van der Waals surface area contributed by atoms with Gasteiger partial charge in [-0.2, -0.15) is 0 Å². The minimum absolute atomic E-state index is 0.0472. The van der Waals surface area contributed by atoms with Crippen molar-refractivity contribution in [3.05, 3.63) is 65.7 Å². The Hall–Kier alpha value is -2.37. The monoisotopic (exact) mass is 394 g/mol. The smallest absolute Gasteiger partial charge is 0.317 e. The summed E-state index contributed by atoms with van der Waals surface area (Å²) in [4.78, 5) is 16.2. The van der Waals surface area contributed by atoms with Crippen LogP contribution in [0.15, 0.2) is 54.6 Å². The first-order valence-corrected chi connectivity index (χ1v) is 10.4. The average molecular weight is 395 g/mol. The molecule has 0 aromatic heterocycles. The third-order valence-corrected chi connectivity index (χ3v) is 7.09. The summed E-state index contributed by atoms with van der Waals surface area (Å²) in [7, 11) is 0. The summed E-state index contributed by atoms with van der Waals surface area (Å²) in [6, 6.07) is 18.3. The second-order valence-corrected chi connectivity index (χ2v) is 8.93. The molecule has 4 unspecified atom stereocenters. The minimum atomic E-state index is -0.778. The van der Waals surface area contributed by atoms with Gasteiger partial charge in [-0.3, -0.25) is 14.6 Å². The molecule has 4 atom stereocenters. The molecule has 5 heteroatoms. The molecule has 0 radical (unpaired) electrons. The number of phenols is 1. The number of carboxylic acid groups (broad SMARTS) is 1. The Bertz CT molecular complexity index is 871. The third kappa shape index (κ3) is 3.89. The Labute approximate surface area is 172 Å². The molecule has 0 aliphatic carbocycles. The Morgan fingerprint density at radius 1 is 1.10 bits per heavy atom. The number of piperazine rings is 1. The van der Waals surface area contributed by atoms with Crippen LogP contribution in [0.2, 0.25) is 0 Å². The van der Waals surface area contributed by atoms with Gasteiger partial charge in [0.15, 0.2) is 0 Å². The maximum Gasteiger partial charge on any atom is 0.317 e. The normalized spacial score (nSPS) is 30.6. The molecule has 29 heavy (non-hydrogen) atoms. The molecular formula is C24H30N2O3. The zero-order valence-electron chi connectivity index (χ0n) is 17.2. The molecule has 2 aromatic carbocycles. The summed E-state index contributed by atoms with van der Waals surface area (Å²) < 4.78 is 0. The van der Waals surface area contributed by atoms with E-state index in [1.54, 1.807) is 6.07 Å². The maximum absolute atomic E-state index is 11.6. The summed E-state index contributed by atoms with van der Waals surface area (Å²) in [6.45, 7) is 7.20. The molecular weight excluding hydrogens is 364 g/mol. The summed E-state index contributed by atoms with van der Waals surface area (Å²) in [5.74, 6) is -0.0408. The molecule has 5 nitrogen and oxygen atoms in total. The predicted octanol–water partition coefficient (Wildman–Crippen LogP) is 3.50. The summed E-state index contributed by atoms with van der Waals surface area (Å²) >= 11 is 0. The molecule has 154 valence electrons. The number of phenolic OH excluding ortho intramolecular Hbond substituents is 1. The van der Waals surface area contributed by atoms with Gasteiger partial charge in [-0.05, 0) is 41.0 Å². The first-order chi connectivity index (χ1) is 13.9. The van der Waals surface area contributed by atoms with Crippen molar-refractivity contribution in [2.75, 3.05) is 26.2 Å².